The minimum atomic E-state index is -0.779. The van der Waals surface area contributed by atoms with Crippen LogP contribution in [0, 0.1) is 5.82 Å². The molecule has 0 amide bonds. The van der Waals surface area contributed by atoms with Gasteiger partial charge in [-0.15, -0.1) is 5.10 Å². The van der Waals surface area contributed by atoms with Gasteiger partial charge in [-0.3, -0.25) is 4.79 Å². The average Bonchev–Trinajstić information content (AvgIpc) is 3.14. The molecule has 0 spiro atoms. The van der Waals surface area contributed by atoms with Gasteiger partial charge in [0.2, 0.25) is 5.69 Å². The Morgan fingerprint density at radius 1 is 1.23 bits per heavy atom. The molecule has 0 aliphatic rings. The minimum Gasteiger partial charge on any atom is -0.466 e. The predicted molar refractivity (Wildman–Crippen MR) is 107 cm³/mol. The molecule has 0 aliphatic heterocycles. The maximum atomic E-state index is 13.3. The molecule has 0 atom stereocenters. The molecule has 30 heavy (non-hydrogen) atoms. The molecule has 8 nitrogen and oxygen atoms in total. The van der Waals surface area contributed by atoms with Crippen LogP contribution in [0.1, 0.15) is 33.3 Å². The van der Waals surface area contributed by atoms with Crippen molar-refractivity contribution in [2.24, 2.45) is 5.10 Å². The molecule has 0 bridgehead atoms. The highest BCUT2D eigenvalue weighted by molar-refractivity contribution is 6.30. The Bertz CT molecular complexity index is 1080. The smallest absolute Gasteiger partial charge is 0.364 e. The van der Waals surface area contributed by atoms with Gasteiger partial charge in [-0.25, -0.2) is 9.18 Å². The summed E-state index contributed by atoms with van der Waals surface area (Å²) in [5.74, 6) is -1.75. The predicted octanol–water partition coefficient (Wildman–Crippen LogP) is 3.39. The summed E-state index contributed by atoms with van der Waals surface area (Å²) in [4.78, 5) is 25.4. The molecule has 154 valence electrons. The summed E-state index contributed by atoms with van der Waals surface area (Å²) >= 11 is 5.82. The molecule has 0 saturated carbocycles. The molecule has 0 unspecified atom stereocenters. The van der Waals surface area contributed by atoms with E-state index < -0.39 is 18.4 Å². The lowest BCUT2D eigenvalue weighted by atomic mass is 10.1. The van der Waals surface area contributed by atoms with Crippen molar-refractivity contribution in [1.82, 2.24) is 15.1 Å². The van der Waals surface area contributed by atoms with E-state index in [1.165, 1.54) is 24.4 Å². The maximum Gasteiger partial charge on any atom is 0.364 e. The number of halogens is 2. The molecule has 3 rings (SSSR count). The second kappa shape index (κ2) is 9.75. The zero-order valence-electron chi connectivity index (χ0n) is 15.8. The van der Waals surface area contributed by atoms with Crippen LogP contribution >= 0.6 is 11.6 Å². The number of rotatable bonds is 8. The third kappa shape index (κ3) is 5.26. The number of aromatic nitrogens is 3. The highest BCUT2D eigenvalue weighted by Crippen LogP contribution is 2.18. The standard InChI is InChI=1S/C20H16ClFN4O4/c1-2-29-20(28)18-19(30-12-17(27)14-6-8-15(21)9-7-14)26(25-24-18)23-11-13-4-3-5-16(22)10-13/h3-11H,2,12H2,1H3/b23-11-. The van der Waals surface area contributed by atoms with Crippen LogP contribution in [0.2, 0.25) is 5.02 Å². The molecule has 0 radical (unpaired) electrons. The molecule has 3 aromatic rings. The van der Waals surface area contributed by atoms with Gasteiger partial charge in [0.25, 0.3) is 5.88 Å². The summed E-state index contributed by atoms with van der Waals surface area (Å²) in [5.41, 5.74) is 0.586. The maximum absolute atomic E-state index is 13.3. The summed E-state index contributed by atoms with van der Waals surface area (Å²) in [6.07, 6.45) is 1.31. The number of hydrogen-bond acceptors (Lipinski definition) is 7. The molecule has 0 saturated heterocycles. The zero-order chi connectivity index (χ0) is 21.5. The molecule has 1 aromatic heterocycles. The monoisotopic (exact) mass is 430 g/mol. The van der Waals surface area contributed by atoms with Gasteiger partial charge in [-0.1, -0.05) is 28.5 Å². The van der Waals surface area contributed by atoms with E-state index >= 15 is 0 Å². The van der Waals surface area contributed by atoms with Gasteiger partial charge in [0, 0.05) is 10.6 Å². The van der Waals surface area contributed by atoms with Crippen molar-refractivity contribution in [3.05, 3.63) is 76.2 Å². The SMILES string of the molecule is CCOC(=O)c1nnn(/N=C\c2cccc(F)c2)c1OCC(=O)c1ccc(Cl)cc1. The molecule has 2 aromatic carbocycles. The molecule has 1 heterocycles. The average molecular weight is 431 g/mol. The Kier molecular flexibility index (Phi) is 6.87. The van der Waals surface area contributed by atoms with Gasteiger partial charge in [0.1, 0.15) is 5.82 Å². The fourth-order valence-electron chi connectivity index (χ4n) is 2.36. The van der Waals surface area contributed by atoms with Crippen LogP contribution in [0.3, 0.4) is 0 Å². The van der Waals surface area contributed by atoms with Crippen molar-refractivity contribution in [1.29, 1.82) is 0 Å². The minimum absolute atomic E-state index is 0.112. The summed E-state index contributed by atoms with van der Waals surface area (Å²) in [5, 5.41) is 12.0. The highest BCUT2D eigenvalue weighted by Gasteiger charge is 2.23. The third-order valence-corrected chi connectivity index (χ3v) is 4.01. The topological polar surface area (TPSA) is 95.7 Å². The zero-order valence-corrected chi connectivity index (χ0v) is 16.5. The number of ketones is 1. The van der Waals surface area contributed by atoms with E-state index in [1.54, 1.807) is 37.3 Å². The van der Waals surface area contributed by atoms with Gasteiger partial charge in [-0.2, -0.15) is 5.10 Å². The Morgan fingerprint density at radius 2 is 2.00 bits per heavy atom. The molecule has 0 aliphatic carbocycles. The summed E-state index contributed by atoms with van der Waals surface area (Å²) in [6, 6.07) is 12.0. The van der Waals surface area contributed by atoms with Crippen molar-refractivity contribution in [2.75, 3.05) is 13.2 Å². The number of esters is 1. The number of carbonyl (C=O) groups is 2. The normalized spacial score (nSPS) is 10.9. The van der Waals surface area contributed by atoms with E-state index in [0.717, 1.165) is 4.79 Å². The van der Waals surface area contributed by atoms with Crippen molar-refractivity contribution in [2.45, 2.75) is 6.92 Å². The fraction of sp³-hybridized carbons (Fsp3) is 0.150. The van der Waals surface area contributed by atoms with E-state index in [4.69, 9.17) is 21.1 Å². The number of hydrogen-bond donors (Lipinski definition) is 0. The molecular weight excluding hydrogens is 415 g/mol. The lowest BCUT2D eigenvalue weighted by Gasteiger charge is -2.07. The Morgan fingerprint density at radius 3 is 2.70 bits per heavy atom. The van der Waals surface area contributed by atoms with Crippen LogP contribution < -0.4 is 4.74 Å². The highest BCUT2D eigenvalue weighted by atomic mass is 35.5. The molecular formula is C20H16ClFN4O4. The van der Waals surface area contributed by atoms with Crippen LogP contribution in [0.15, 0.2) is 53.6 Å². The number of benzene rings is 2. The second-order valence-electron chi connectivity index (χ2n) is 5.87. The van der Waals surface area contributed by atoms with Crippen LogP contribution in [-0.2, 0) is 4.74 Å². The first kappa shape index (κ1) is 21.1. The third-order valence-electron chi connectivity index (χ3n) is 3.75. The lowest BCUT2D eigenvalue weighted by Crippen LogP contribution is -2.15. The van der Waals surface area contributed by atoms with E-state index in [2.05, 4.69) is 15.4 Å². The molecule has 0 fully saturated rings. The fourth-order valence-corrected chi connectivity index (χ4v) is 2.48. The van der Waals surface area contributed by atoms with Crippen molar-refractivity contribution >= 4 is 29.6 Å². The van der Waals surface area contributed by atoms with Gasteiger partial charge in [0.15, 0.2) is 12.4 Å². The summed E-state index contributed by atoms with van der Waals surface area (Å²) in [7, 11) is 0. The summed E-state index contributed by atoms with van der Waals surface area (Å²) in [6.45, 7) is 1.34. The van der Waals surface area contributed by atoms with Crippen molar-refractivity contribution in [3.8, 4) is 5.88 Å². The number of carbonyl (C=O) groups excluding carboxylic acids is 2. The van der Waals surface area contributed by atoms with Gasteiger partial charge in [0.05, 0.1) is 12.8 Å². The lowest BCUT2D eigenvalue weighted by molar-refractivity contribution is 0.0512. The number of nitrogens with zero attached hydrogens (tertiary/aromatic N) is 4. The Labute approximate surface area is 175 Å². The first-order chi connectivity index (χ1) is 14.5. The van der Waals surface area contributed by atoms with Gasteiger partial charge < -0.3 is 9.47 Å². The van der Waals surface area contributed by atoms with Crippen LogP contribution in [0.4, 0.5) is 4.39 Å². The largest absolute Gasteiger partial charge is 0.466 e. The van der Waals surface area contributed by atoms with E-state index in [9.17, 15) is 14.0 Å². The Balaban J connectivity index is 1.84. The van der Waals surface area contributed by atoms with E-state index in [0.29, 0.717) is 16.1 Å². The first-order valence-corrected chi connectivity index (χ1v) is 9.20. The first-order valence-electron chi connectivity index (χ1n) is 8.82. The summed E-state index contributed by atoms with van der Waals surface area (Å²) < 4.78 is 23.8. The van der Waals surface area contributed by atoms with Gasteiger partial charge >= 0.3 is 5.97 Å². The quantitative estimate of drug-likeness (QED) is 0.309. The number of ether oxygens (including phenoxy) is 2. The molecule has 0 N–H and O–H groups in total. The molecule has 10 heteroatoms. The van der Waals surface area contributed by atoms with E-state index in [1.807, 2.05) is 0 Å². The van der Waals surface area contributed by atoms with Gasteiger partial charge in [-0.05, 0) is 54.1 Å². The van der Waals surface area contributed by atoms with Crippen LogP contribution in [0.25, 0.3) is 0 Å². The van der Waals surface area contributed by atoms with Crippen LogP contribution in [-0.4, -0.2) is 46.3 Å². The van der Waals surface area contributed by atoms with Crippen molar-refractivity contribution in [3.63, 3.8) is 0 Å². The second-order valence-corrected chi connectivity index (χ2v) is 6.31. The number of Topliss-reactive ketones (excluding diaryl/α,β-unsaturated/α-hetero) is 1. The van der Waals surface area contributed by atoms with E-state index in [-0.39, 0.29) is 24.0 Å². The Hall–Kier alpha value is -3.59. The van der Waals surface area contributed by atoms with Crippen molar-refractivity contribution < 1.29 is 23.5 Å². The van der Waals surface area contributed by atoms with Crippen LogP contribution in [0.5, 0.6) is 5.88 Å².